The molecule has 0 unspecified atom stereocenters. The number of alkyl halides is 1. The SMILES string of the molecule is CC(=O)c1cn(CC(=O)N2C[C@H](F)C[C@H]2C(=O)NCc2cccc(Cl)c2F)c2ccc(NC(=O)Nc3cnc[n+]([O-])c3)cc12. The summed E-state index contributed by atoms with van der Waals surface area (Å²) < 4.78 is 30.7. The molecule has 1 aliphatic heterocycles. The van der Waals surface area contributed by atoms with Crippen LogP contribution in [0.1, 0.15) is 29.3 Å². The number of hydrogen-bond donors (Lipinski definition) is 3. The Labute approximate surface area is 254 Å². The molecule has 44 heavy (non-hydrogen) atoms. The van der Waals surface area contributed by atoms with Crippen molar-refractivity contribution < 1.29 is 32.7 Å². The average molecular weight is 626 g/mol. The summed E-state index contributed by atoms with van der Waals surface area (Å²) in [6.45, 7) is 0.562. The minimum atomic E-state index is -1.43. The smallest absolute Gasteiger partial charge is 0.323 e. The molecule has 15 heteroatoms. The molecule has 4 aromatic rings. The van der Waals surface area contributed by atoms with Crippen LogP contribution in [0.2, 0.25) is 5.02 Å². The largest absolute Gasteiger partial charge is 0.711 e. The third-order valence-electron chi connectivity index (χ3n) is 7.10. The van der Waals surface area contributed by atoms with Crippen molar-refractivity contribution >= 4 is 57.5 Å². The maximum absolute atomic E-state index is 14.5. The number of fused-ring (bicyclic) bond motifs is 1. The van der Waals surface area contributed by atoms with E-state index in [1.165, 1.54) is 42.1 Å². The number of benzene rings is 2. The maximum atomic E-state index is 14.5. The molecule has 12 nitrogen and oxygen atoms in total. The summed E-state index contributed by atoms with van der Waals surface area (Å²) in [5.74, 6) is -2.17. The normalized spacial score (nSPS) is 16.1. The van der Waals surface area contributed by atoms with Gasteiger partial charge in [0.15, 0.2) is 12.0 Å². The number of nitrogens with one attached hydrogen (secondary N) is 3. The number of hydrogen-bond acceptors (Lipinski definition) is 6. The lowest BCUT2D eigenvalue weighted by Crippen LogP contribution is -2.46. The molecule has 3 heterocycles. The zero-order valence-electron chi connectivity index (χ0n) is 23.2. The number of aromatic nitrogens is 3. The van der Waals surface area contributed by atoms with E-state index in [0.717, 1.165) is 17.4 Å². The monoisotopic (exact) mass is 625 g/mol. The number of likely N-dealkylation sites (tertiary alicyclic amines) is 1. The van der Waals surface area contributed by atoms with Crippen molar-refractivity contribution in [3.63, 3.8) is 0 Å². The van der Waals surface area contributed by atoms with Gasteiger partial charge >= 0.3 is 6.03 Å². The van der Waals surface area contributed by atoms with Gasteiger partial charge in [0.2, 0.25) is 11.8 Å². The first-order valence-electron chi connectivity index (χ1n) is 13.4. The summed E-state index contributed by atoms with van der Waals surface area (Å²) in [6.07, 6.45) is 3.27. The molecule has 4 amide bonds. The second-order valence-corrected chi connectivity index (χ2v) is 10.6. The van der Waals surface area contributed by atoms with Gasteiger partial charge in [0.25, 0.3) is 6.33 Å². The number of anilines is 2. The van der Waals surface area contributed by atoms with Crippen LogP contribution in [0, 0.1) is 11.0 Å². The number of halogens is 3. The zero-order valence-corrected chi connectivity index (χ0v) is 24.0. The van der Waals surface area contributed by atoms with Crippen molar-refractivity contribution in [2.24, 2.45) is 0 Å². The summed E-state index contributed by atoms with van der Waals surface area (Å²) in [7, 11) is 0. The van der Waals surface area contributed by atoms with Gasteiger partial charge in [-0.1, -0.05) is 28.7 Å². The molecular formula is C29H26ClF2N7O5. The van der Waals surface area contributed by atoms with Crippen molar-refractivity contribution in [3.8, 4) is 0 Å². The predicted molar refractivity (Wildman–Crippen MR) is 156 cm³/mol. The van der Waals surface area contributed by atoms with Crippen molar-refractivity contribution in [3.05, 3.63) is 88.5 Å². The van der Waals surface area contributed by atoms with E-state index < -0.39 is 35.9 Å². The first-order valence-corrected chi connectivity index (χ1v) is 13.8. The minimum absolute atomic E-state index is 0.101. The lowest BCUT2D eigenvalue weighted by molar-refractivity contribution is -0.608. The van der Waals surface area contributed by atoms with Crippen LogP contribution >= 0.6 is 11.6 Å². The molecule has 1 saturated heterocycles. The molecule has 0 radical (unpaired) electrons. The van der Waals surface area contributed by atoms with Crippen LogP contribution in [-0.2, 0) is 22.7 Å². The number of urea groups is 1. The van der Waals surface area contributed by atoms with Crippen LogP contribution in [0.4, 0.5) is 25.0 Å². The highest BCUT2D eigenvalue weighted by molar-refractivity contribution is 6.30. The Hall–Kier alpha value is -5.11. The minimum Gasteiger partial charge on any atom is -0.711 e. The number of amides is 4. The van der Waals surface area contributed by atoms with Crippen molar-refractivity contribution in [1.82, 2.24) is 19.8 Å². The molecule has 2 aromatic carbocycles. The highest BCUT2D eigenvalue weighted by atomic mass is 35.5. The number of carbonyl (C=O) groups excluding carboxylic acids is 4. The average Bonchev–Trinajstić information content (AvgIpc) is 3.54. The molecule has 1 fully saturated rings. The second kappa shape index (κ2) is 12.6. The fraction of sp³-hybridized carbons (Fsp3) is 0.241. The van der Waals surface area contributed by atoms with E-state index in [9.17, 15) is 33.2 Å². The molecule has 5 rings (SSSR count). The Morgan fingerprint density at radius 1 is 1.16 bits per heavy atom. The third kappa shape index (κ3) is 6.59. The molecule has 3 N–H and O–H groups in total. The molecule has 0 aliphatic carbocycles. The predicted octanol–water partition coefficient (Wildman–Crippen LogP) is 3.56. The second-order valence-electron chi connectivity index (χ2n) is 10.2. The van der Waals surface area contributed by atoms with Gasteiger partial charge in [-0.15, -0.1) is 0 Å². The van der Waals surface area contributed by atoms with E-state index in [1.807, 2.05) is 0 Å². The quantitative estimate of drug-likeness (QED) is 0.155. The van der Waals surface area contributed by atoms with E-state index >= 15 is 0 Å². The van der Waals surface area contributed by atoms with Crippen LogP contribution in [0.5, 0.6) is 0 Å². The van der Waals surface area contributed by atoms with Gasteiger partial charge < -0.3 is 30.6 Å². The van der Waals surface area contributed by atoms with Gasteiger partial charge in [-0.2, -0.15) is 0 Å². The Morgan fingerprint density at radius 2 is 1.93 bits per heavy atom. The van der Waals surface area contributed by atoms with Gasteiger partial charge in [0.05, 0.1) is 11.6 Å². The molecule has 2 aromatic heterocycles. The fourth-order valence-electron chi connectivity index (χ4n) is 5.06. The number of carbonyl (C=O) groups is 4. The van der Waals surface area contributed by atoms with E-state index in [1.54, 1.807) is 18.2 Å². The zero-order chi connectivity index (χ0) is 31.5. The Bertz CT molecular complexity index is 1780. The Kier molecular flexibility index (Phi) is 8.71. The van der Waals surface area contributed by atoms with Crippen molar-refractivity contribution in [1.29, 1.82) is 0 Å². The summed E-state index contributed by atoms with van der Waals surface area (Å²) in [5.41, 5.74) is 1.40. The molecule has 2 atom stereocenters. The molecule has 228 valence electrons. The fourth-order valence-corrected chi connectivity index (χ4v) is 5.25. The van der Waals surface area contributed by atoms with Gasteiger partial charge in [0.1, 0.15) is 36.5 Å². The summed E-state index contributed by atoms with van der Waals surface area (Å²) in [5, 5.41) is 19.4. The molecule has 1 aliphatic rings. The first-order chi connectivity index (χ1) is 21.0. The number of ketones is 1. The Morgan fingerprint density at radius 3 is 2.68 bits per heavy atom. The number of rotatable bonds is 8. The third-order valence-corrected chi connectivity index (χ3v) is 7.39. The lowest BCUT2D eigenvalue weighted by atomic mass is 10.1. The van der Waals surface area contributed by atoms with E-state index in [4.69, 9.17) is 11.6 Å². The molecule has 0 bridgehead atoms. The lowest BCUT2D eigenvalue weighted by Gasteiger charge is -2.24. The highest BCUT2D eigenvalue weighted by Crippen LogP contribution is 2.27. The van der Waals surface area contributed by atoms with E-state index in [-0.39, 0.29) is 53.7 Å². The number of Topliss-reactive ketones (excluding diaryl/α,β-unsaturated/α-hetero) is 1. The summed E-state index contributed by atoms with van der Waals surface area (Å²) in [4.78, 5) is 56.1. The van der Waals surface area contributed by atoms with E-state index in [2.05, 4.69) is 20.9 Å². The van der Waals surface area contributed by atoms with Crippen molar-refractivity contribution in [2.75, 3.05) is 17.2 Å². The summed E-state index contributed by atoms with van der Waals surface area (Å²) in [6, 6.07) is 7.31. The topological polar surface area (TPSA) is 152 Å². The van der Waals surface area contributed by atoms with Crippen LogP contribution < -0.4 is 20.7 Å². The van der Waals surface area contributed by atoms with Gasteiger partial charge in [-0.25, -0.2) is 18.3 Å². The first kappa shape index (κ1) is 30.4. The van der Waals surface area contributed by atoms with E-state index in [0.29, 0.717) is 21.3 Å². The standard InChI is InChI=1S/C29H26ClF2N7O5/c1-16(40)22-13-37(24-6-5-19(8-21(22)24)35-29(43)36-20-10-33-15-38(44)12-20)14-26(41)39-11-18(31)7-25(39)28(42)34-9-17-3-2-4-23(30)27(17)32/h2-6,8,10,12-13,15,18,25H,7,9,11,14H2,1H3,(H,34,42)(H2,35,36,43)/t18-,25+/m1/s1. The summed E-state index contributed by atoms with van der Waals surface area (Å²) >= 11 is 5.80. The molecule has 0 spiro atoms. The van der Waals surface area contributed by atoms with Crippen LogP contribution in [0.25, 0.3) is 10.9 Å². The molecule has 0 saturated carbocycles. The van der Waals surface area contributed by atoms with Gasteiger partial charge in [-0.3, -0.25) is 14.4 Å². The number of nitrogens with zero attached hydrogens (tertiary/aromatic N) is 4. The highest BCUT2D eigenvalue weighted by Gasteiger charge is 2.39. The van der Waals surface area contributed by atoms with Crippen LogP contribution in [-0.4, -0.2) is 56.8 Å². The van der Waals surface area contributed by atoms with Gasteiger partial charge in [-0.05, 0) is 31.2 Å². The van der Waals surface area contributed by atoms with Crippen molar-refractivity contribution in [2.45, 2.75) is 38.6 Å². The maximum Gasteiger partial charge on any atom is 0.323 e. The van der Waals surface area contributed by atoms with Crippen LogP contribution in [0.3, 0.4) is 0 Å². The molecular weight excluding hydrogens is 600 g/mol. The van der Waals surface area contributed by atoms with Gasteiger partial charge in [0, 0.05) is 46.9 Å². The Balaban J connectivity index is 1.31. The van der Waals surface area contributed by atoms with Crippen LogP contribution in [0.15, 0.2) is 61.3 Å².